The number of carboxylic acids is 1. The summed E-state index contributed by atoms with van der Waals surface area (Å²) in [6.07, 6.45) is 3.00. The van der Waals surface area contributed by atoms with E-state index in [4.69, 9.17) is 5.11 Å². The molecule has 0 atom stereocenters. The molecule has 1 aromatic carbocycles. The third-order valence-corrected chi connectivity index (χ3v) is 3.58. The van der Waals surface area contributed by atoms with Crippen molar-refractivity contribution in [2.24, 2.45) is 5.92 Å². The lowest BCUT2D eigenvalue weighted by molar-refractivity contribution is -0.136. The van der Waals surface area contributed by atoms with Gasteiger partial charge in [0.2, 0.25) is 0 Å². The molecule has 2 rings (SSSR count). The van der Waals surface area contributed by atoms with Crippen molar-refractivity contribution in [2.75, 3.05) is 0 Å². The summed E-state index contributed by atoms with van der Waals surface area (Å²) in [6, 6.07) is 6.85. The lowest BCUT2D eigenvalue weighted by atomic mass is 10.0. The molecule has 0 radical (unpaired) electrons. The molecule has 0 spiro atoms. The molecule has 1 aliphatic rings. The van der Waals surface area contributed by atoms with Gasteiger partial charge in [0.1, 0.15) is 0 Å². The topological polar surface area (TPSA) is 66.4 Å². The van der Waals surface area contributed by atoms with Crippen LogP contribution in [-0.4, -0.2) is 22.5 Å². The van der Waals surface area contributed by atoms with Crippen molar-refractivity contribution >= 4 is 11.9 Å². The summed E-state index contributed by atoms with van der Waals surface area (Å²) in [4.78, 5) is 23.0. The maximum absolute atomic E-state index is 12.3. The van der Waals surface area contributed by atoms with E-state index in [1.807, 2.05) is 0 Å². The van der Waals surface area contributed by atoms with Gasteiger partial charge in [-0.05, 0) is 42.9 Å². The average molecular weight is 275 g/mol. The summed E-state index contributed by atoms with van der Waals surface area (Å²) in [5, 5.41) is 11.9. The molecule has 1 amide bonds. The summed E-state index contributed by atoms with van der Waals surface area (Å²) in [5.74, 6) is -0.437. The molecule has 0 aromatic heterocycles. The largest absolute Gasteiger partial charge is 0.481 e. The van der Waals surface area contributed by atoms with Crippen molar-refractivity contribution < 1.29 is 14.7 Å². The number of aliphatic carboxylic acids is 1. The highest BCUT2D eigenvalue weighted by molar-refractivity contribution is 5.95. The normalized spacial score (nSPS) is 15.9. The molecular weight excluding hydrogens is 254 g/mol. The third-order valence-electron chi connectivity index (χ3n) is 3.58. The molecule has 108 valence electrons. The number of carbonyl (C=O) groups excluding carboxylic acids is 1. The van der Waals surface area contributed by atoms with Crippen molar-refractivity contribution in [3.05, 3.63) is 35.4 Å². The van der Waals surface area contributed by atoms with Gasteiger partial charge in [-0.25, -0.2) is 0 Å². The number of rotatable bonds is 6. The first kappa shape index (κ1) is 14.6. The monoisotopic (exact) mass is 275 g/mol. The van der Waals surface area contributed by atoms with Gasteiger partial charge in [0.15, 0.2) is 0 Å². The van der Waals surface area contributed by atoms with E-state index in [2.05, 4.69) is 19.2 Å². The third kappa shape index (κ3) is 3.83. The average Bonchev–Trinajstić information content (AvgIpc) is 3.07. The van der Waals surface area contributed by atoms with Crippen molar-refractivity contribution in [3.63, 3.8) is 0 Å². The van der Waals surface area contributed by atoms with E-state index < -0.39 is 5.97 Å². The molecular formula is C16H21NO3. The number of hydrogen-bond donors (Lipinski definition) is 2. The number of amides is 1. The van der Waals surface area contributed by atoms with Crippen molar-refractivity contribution in [1.82, 2.24) is 5.32 Å². The molecule has 1 saturated carbocycles. The number of benzene rings is 1. The predicted molar refractivity (Wildman–Crippen MR) is 76.7 cm³/mol. The summed E-state index contributed by atoms with van der Waals surface area (Å²) in [7, 11) is 0. The highest BCUT2D eigenvalue weighted by atomic mass is 16.4. The Hall–Kier alpha value is -1.84. The fourth-order valence-electron chi connectivity index (χ4n) is 2.62. The zero-order valence-electron chi connectivity index (χ0n) is 12.0. The highest BCUT2D eigenvalue weighted by Gasteiger charge is 2.44. The number of hydrogen-bond acceptors (Lipinski definition) is 2. The molecule has 0 aliphatic heterocycles. The Labute approximate surface area is 119 Å². The quantitative estimate of drug-likeness (QED) is 0.838. The van der Waals surface area contributed by atoms with Crippen LogP contribution in [-0.2, 0) is 11.2 Å². The first-order valence-corrected chi connectivity index (χ1v) is 7.03. The van der Waals surface area contributed by atoms with Crippen LogP contribution >= 0.6 is 0 Å². The van der Waals surface area contributed by atoms with Gasteiger partial charge in [-0.3, -0.25) is 9.59 Å². The maximum atomic E-state index is 12.3. The van der Waals surface area contributed by atoms with Gasteiger partial charge in [-0.15, -0.1) is 0 Å². The predicted octanol–water partition coefficient (Wildman–Crippen LogP) is 2.62. The smallest absolute Gasteiger partial charge is 0.307 e. The fraction of sp³-hybridized carbons (Fsp3) is 0.500. The van der Waals surface area contributed by atoms with Crippen LogP contribution in [0.1, 0.15) is 49.0 Å². The SMILES string of the molecule is CC(C)CC1(NC(=O)c2cccc(CC(=O)O)c2)CC1. The van der Waals surface area contributed by atoms with Crippen LogP contribution in [0.2, 0.25) is 0 Å². The van der Waals surface area contributed by atoms with Gasteiger partial charge < -0.3 is 10.4 Å². The molecule has 1 aromatic rings. The van der Waals surface area contributed by atoms with Crippen molar-refractivity contribution in [3.8, 4) is 0 Å². The maximum Gasteiger partial charge on any atom is 0.307 e. The van der Waals surface area contributed by atoms with E-state index in [-0.39, 0.29) is 17.9 Å². The number of carbonyl (C=O) groups is 2. The number of carboxylic acid groups (broad SMARTS) is 1. The van der Waals surface area contributed by atoms with Gasteiger partial charge >= 0.3 is 5.97 Å². The van der Waals surface area contributed by atoms with E-state index in [1.165, 1.54) is 0 Å². The summed E-state index contributed by atoms with van der Waals surface area (Å²) < 4.78 is 0. The molecule has 0 bridgehead atoms. The highest BCUT2D eigenvalue weighted by Crippen LogP contribution is 2.41. The summed E-state index contributed by atoms with van der Waals surface area (Å²) in [6.45, 7) is 4.30. The van der Waals surface area contributed by atoms with E-state index in [9.17, 15) is 9.59 Å². The zero-order valence-corrected chi connectivity index (χ0v) is 12.0. The van der Waals surface area contributed by atoms with E-state index in [0.29, 0.717) is 17.0 Å². The van der Waals surface area contributed by atoms with Crippen LogP contribution < -0.4 is 5.32 Å². The molecule has 1 aliphatic carbocycles. The second kappa shape index (κ2) is 5.65. The zero-order chi connectivity index (χ0) is 14.8. The lowest BCUT2D eigenvalue weighted by Crippen LogP contribution is -2.37. The molecule has 4 heteroatoms. The van der Waals surface area contributed by atoms with Crippen LogP contribution in [0.5, 0.6) is 0 Å². The molecule has 0 unspecified atom stereocenters. The van der Waals surface area contributed by atoms with E-state index in [1.54, 1.807) is 24.3 Å². The van der Waals surface area contributed by atoms with Crippen molar-refractivity contribution in [1.29, 1.82) is 0 Å². The van der Waals surface area contributed by atoms with Gasteiger partial charge in [0.25, 0.3) is 5.91 Å². The first-order valence-electron chi connectivity index (χ1n) is 7.03. The Morgan fingerprint density at radius 3 is 2.60 bits per heavy atom. The van der Waals surface area contributed by atoms with Crippen LogP contribution in [0.3, 0.4) is 0 Å². The second-order valence-corrected chi connectivity index (χ2v) is 6.10. The van der Waals surface area contributed by atoms with Gasteiger partial charge in [0, 0.05) is 11.1 Å². The first-order chi connectivity index (χ1) is 9.40. The minimum Gasteiger partial charge on any atom is -0.481 e. The Morgan fingerprint density at radius 1 is 1.35 bits per heavy atom. The van der Waals surface area contributed by atoms with Crippen molar-refractivity contribution in [2.45, 2.75) is 45.1 Å². The fourth-order valence-corrected chi connectivity index (χ4v) is 2.62. The molecule has 2 N–H and O–H groups in total. The minimum atomic E-state index is -0.888. The van der Waals surface area contributed by atoms with Gasteiger partial charge in [-0.2, -0.15) is 0 Å². The molecule has 20 heavy (non-hydrogen) atoms. The Kier molecular flexibility index (Phi) is 4.12. The second-order valence-electron chi connectivity index (χ2n) is 6.10. The minimum absolute atomic E-state index is 0.0337. The van der Waals surface area contributed by atoms with Crippen LogP contribution in [0.15, 0.2) is 24.3 Å². The summed E-state index contributed by atoms with van der Waals surface area (Å²) >= 11 is 0. The van der Waals surface area contributed by atoms with Crippen LogP contribution in [0.4, 0.5) is 0 Å². The van der Waals surface area contributed by atoms with Gasteiger partial charge in [0.05, 0.1) is 6.42 Å². The van der Waals surface area contributed by atoms with Gasteiger partial charge in [-0.1, -0.05) is 26.0 Å². The molecule has 0 heterocycles. The lowest BCUT2D eigenvalue weighted by Gasteiger charge is -2.19. The van der Waals surface area contributed by atoms with E-state index in [0.717, 1.165) is 19.3 Å². The number of nitrogens with one attached hydrogen (secondary N) is 1. The van der Waals surface area contributed by atoms with Crippen LogP contribution in [0.25, 0.3) is 0 Å². The van der Waals surface area contributed by atoms with Crippen LogP contribution in [0, 0.1) is 5.92 Å². The molecule has 1 fully saturated rings. The van der Waals surface area contributed by atoms with E-state index >= 15 is 0 Å². The summed E-state index contributed by atoms with van der Waals surface area (Å²) in [5.41, 5.74) is 1.16. The Bertz CT molecular complexity index is 518. The molecule has 4 nitrogen and oxygen atoms in total. The Balaban J connectivity index is 2.04. The standard InChI is InChI=1S/C16H21NO3/c1-11(2)10-16(6-7-16)17-15(20)13-5-3-4-12(8-13)9-14(18)19/h3-5,8,11H,6-7,9-10H2,1-2H3,(H,17,20)(H,18,19). The Morgan fingerprint density at radius 2 is 2.05 bits per heavy atom. The molecule has 0 saturated heterocycles.